The summed E-state index contributed by atoms with van der Waals surface area (Å²) < 4.78 is 18.1. The number of rotatable bonds is 5. The Hall–Kier alpha value is -0.390. The second kappa shape index (κ2) is 6.37. The van der Waals surface area contributed by atoms with E-state index in [2.05, 4.69) is 15.9 Å². The molecule has 1 rings (SSSR count). The van der Waals surface area contributed by atoms with Crippen LogP contribution >= 0.6 is 15.9 Å². The van der Waals surface area contributed by atoms with Crippen molar-refractivity contribution in [2.45, 2.75) is 24.8 Å². The fourth-order valence-electron chi connectivity index (χ4n) is 1.20. The van der Waals surface area contributed by atoms with Gasteiger partial charge in [-0.15, -0.1) is 0 Å². The molecule has 16 heavy (non-hydrogen) atoms. The molecule has 0 aromatic heterocycles. The number of nitrogens with two attached hydrogens (primary N) is 1. The van der Waals surface area contributed by atoms with Crippen molar-refractivity contribution in [1.82, 2.24) is 0 Å². The predicted molar refractivity (Wildman–Crippen MR) is 70.9 cm³/mol. The smallest absolute Gasteiger partial charge is 0.0619 e. The van der Waals surface area contributed by atoms with Crippen LogP contribution in [0.1, 0.15) is 13.8 Å². The average molecular weight is 306 g/mol. The SMILES string of the molecule is CC(C)OCCS(=O)c1ccc(Br)cc1N. The van der Waals surface area contributed by atoms with E-state index in [1.165, 1.54) is 0 Å². The Labute approximate surface area is 107 Å². The molecular weight excluding hydrogens is 290 g/mol. The first-order chi connectivity index (χ1) is 7.50. The molecule has 3 nitrogen and oxygen atoms in total. The zero-order valence-corrected chi connectivity index (χ0v) is 11.8. The summed E-state index contributed by atoms with van der Waals surface area (Å²) in [6.07, 6.45) is 0.166. The Morgan fingerprint density at radius 2 is 2.19 bits per heavy atom. The number of anilines is 1. The van der Waals surface area contributed by atoms with E-state index in [4.69, 9.17) is 10.5 Å². The molecule has 1 aromatic carbocycles. The monoisotopic (exact) mass is 305 g/mol. The first-order valence-corrected chi connectivity index (χ1v) is 7.17. The van der Waals surface area contributed by atoms with E-state index in [0.717, 1.165) is 4.47 Å². The Morgan fingerprint density at radius 3 is 2.75 bits per heavy atom. The second-order valence-corrected chi connectivity index (χ2v) is 6.11. The molecule has 1 atom stereocenters. The van der Waals surface area contributed by atoms with Crippen LogP contribution in [0.4, 0.5) is 5.69 Å². The summed E-state index contributed by atoms with van der Waals surface area (Å²) >= 11 is 3.31. The molecule has 0 aliphatic heterocycles. The molecule has 1 unspecified atom stereocenters. The Morgan fingerprint density at radius 1 is 1.50 bits per heavy atom. The predicted octanol–water partition coefficient (Wildman–Crippen LogP) is 2.56. The van der Waals surface area contributed by atoms with Gasteiger partial charge in [0.05, 0.1) is 34.2 Å². The van der Waals surface area contributed by atoms with E-state index in [1.807, 2.05) is 19.9 Å². The molecule has 0 aliphatic carbocycles. The van der Waals surface area contributed by atoms with Gasteiger partial charge in [0, 0.05) is 10.2 Å². The van der Waals surface area contributed by atoms with Crippen molar-refractivity contribution in [2.24, 2.45) is 0 Å². The number of hydrogen-bond acceptors (Lipinski definition) is 3. The molecule has 2 N–H and O–H groups in total. The van der Waals surface area contributed by atoms with Gasteiger partial charge in [0.15, 0.2) is 0 Å². The normalized spacial score (nSPS) is 13.0. The van der Waals surface area contributed by atoms with Crippen LogP contribution in [0.2, 0.25) is 0 Å². The molecule has 0 aliphatic rings. The standard InChI is InChI=1S/C11H16BrNO2S/c1-8(2)15-5-6-16(14)11-4-3-9(12)7-10(11)13/h3-4,7-8H,5-6,13H2,1-2H3. The third-order valence-corrected chi connectivity index (χ3v) is 3.83. The van der Waals surface area contributed by atoms with Gasteiger partial charge in [-0.25, -0.2) is 0 Å². The van der Waals surface area contributed by atoms with Crippen molar-refractivity contribution >= 4 is 32.4 Å². The van der Waals surface area contributed by atoms with Crippen LogP contribution in [-0.4, -0.2) is 22.7 Å². The minimum Gasteiger partial charge on any atom is -0.398 e. The quantitative estimate of drug-likeness (QED) is 0.851. The van der Waals surface area contributed by atoms with E-state index < -0.39 is 10.8 Å². The van der Waals surface area contributed by atoms with Gasteiger partial charge >= 0.3 is 0 Å². The largest absolute Gasteiger partial charge is 0.398 e. The lowest BCUT2D eigenvalue weighted by Gasteiger charge is -2.08. The van der Waals surface area contributed by atoms with Crippen LogP contribution in [0.25, 0.3) is 0 Å². The molecule has 5 heteroatoms. The Balaban J connectivity index is 2.59. The molecule has 90 valence electrons. The number of benzene rings is 1. The highest BCUT2D eigenvalue weighted by Crippen LogP contribution is 2.21. The summed E-state index contributed by atoms with van der Waals surface area (Å²) in [7, 11) is -1.09. The maximum atomic E-state index is 11.9. The van der Waals surface area contributed by atoms with Gasteiger partial charge in [-0.1, -0.05) is 15.9 Å². The number of ether oxygens (including phenoxy) is 1. The minimum atomic E-state index is -1.09. The van der Waals surface area contributed by atoms with E-state index in [-0.39, 0.29) is 6.10 Å². The lowest BCUT2D eigenvalue weighted by molar-refractivity contribution is 0.0916. The maximum Gasteiger partial charge on any atom is 0.0619 e. The molecule has 0 fully saturated rings. The molecule has 0 saturated heterocycles. The third-order valence-electron chi connectivity index (χ3n) is 1.94. The van der Waals surface area contributed by atoms with Crippen LogP contribution in [0, 0.1) is 0 Å². The van der Waals surface area contributed by atoms with Gasteiger partial charge in [-0.05, 0) is 32.0 Å². The molecule has 1 aromatic rings. The Kier molecular flexibility index (Phi) is 5.44. The highest BCUT2D eigenvalue weighted by Gasteiger charge is 2.08. The van der Waals surface area contributed by atoms with Crippen molar-refractivity contribution in [1.29, 1.82) is 0 Å². The van der Waals surface area contributed by atoms with Crippen molar-refractivity contribution in [3.63, 3.8) is 0 Å². The van der Waals surface area contributed by atoms with Gasteiger partial charge in [-0.3, -0.25) is 4.21 Å². The fourth-order valence-corrected chi connectivity index (χ4v) is 2.58. The van der Waals surface area contributed by atoms with E-state index in [0.29, 0.717) is 22.9 Å². The number of nitrogen functional groups attached to an aromatic ring is 1. The van der Waals surface area contributed by atoms with Crippen molar-refractivity contribution in [2.75, 3.05) is 18.1 Å². The van der Waals surface area contributed by atoms with Gasteiger partial charge < -0.3 is 10.5 Å². The van der Waals surface area contributed by atoms with Crippen molar-refractivity contribution in [3.8, 4) is 0 Å². The summed E-state index contributed by atoms with van der Waals surface area (Å²) in [4.78, 5) is 0.676. The van der Waals surface area contributed by atoms with Gasteiger partial charge in [0.1, 0.15) is 0 Å². The van der Waals surface area contributed by atoms with Crippen LogP contribution in [-0.2, 0) is 15.5 Å². The first kappa shape index (κ1) is 13.7. The highest BCUT2D eigenvalue weighted by molar-refractivity contribution is 9.10. The number of hydrogen-bond donors (Lipinski definition) is 1. The lowest BCUT2D eigenvalue weighted by Crippen LogP contribution is -2.11. The van der Waals surface area contributed by atoms with Crippen LogP contribution in [0.15, 0.2) is 27.6 Å². The fraction of sp³-hybridized carbons (Fsp3) is 0.455. The van der Waals surface area contributed by atoms with Crippen LogP contribution in [0.3, 0.4) is 0 Å². The summed E-state index contributed by atoms with van der Waals surface area (Å²) in [6, 6.07) is 5.38. The maximum absolute atomic E-state index is 11.9. The van der Waals surface area contributed by atoms with E-state index in [1.54, 1.807) is 12.1 Å². The summed E-state index contributed by atoms with van der Waals surface area (Å²) in [6.45, 7) is 4.40. The Bertz CT molecular complexity index is 382. The molecule has 0 saturated carbocycles. The highest BCUT2D eigenvalue weighted by atomic mass is 79.9. The summed E-state index contributed by atoms with van der Waals surface area (Å²) in [5.74, 6) is 0.476. The van der Waals surface area contributed by atoms with Crippen LogP contribution < -0.4 is 5.73 Å². The summed E-state index contributed by atoms with van der Waals surface area (Å²) in [5, 5.41) is 0. The first-order valence-electron chi connectivity index (χ1n) is 5.05. The van der Waals surface area contributed by atoms with E-state index in [9.17, 15) is 4.21 Å². The van der Waals surface area contributed by atoms with Crippen molar-refractivity contribution < 1.29 is 8.95 Å². The van der Waals surface area contributed by atoms with Gasteiger partial charge in [-0.2, -0.15) is 0 Å². The van der Waals surface area contributed by atoms with Gasteiger partial charge in [0.25, 0.3) is 0 Å². The summed E-state index contributed by atoms with van der Waals surface area (Å²) in [5.41, 5.74) is 6.34. The lowest BCUT2D eigenvalue weighted by atomic mass is 10.3. The zero-order valence-electron chi connectivity index (χ0n) is 9.40. The average Bonchev–Trinajstić information content (AvgIpc) is 2.16. The van der Waals surface area contributed by atoms with Crippen molar-refractivity contribution in [3.05, 3.63) is 22.7 Å². The molecule has 0 heterocycles. The zero-order chi connectivity index (χ0) is 12.1. The minimum absolute atomic E-state index is 0.166. The second-order valence-electron chi connectivity index (χ2n) is 3.65. The molecule has 0 radical (unpaired) electrons. The molecule has 0 amide bonds. The third kappa shape index (κ3) is 4.23. The molecule has 0 spiro atoms. The van der Waals surface area contributed by atoms with Crippen LogP contribution in [0.5, 0.6) is 0 Å². The topological polar surface area (TPSA) is 52.3 Å². The molecule has 0 bridgehead atoms. The number of halogens is 1. The van der Waals surface area contributed by atoms with Gasteiger partial charge in [0.2, 0.25) is 0 Å². The molecular formula is C11H16BrNO2S. The van der Waals surface area contributed by atoms with E-state index >= 15 is 0 Å².